The Morgan fingerprint density at radius 1 is 1.06 bits per heavy atom. The Morgan fingerprint density at radius 2 is 1.56 bits per heavy atom. The van der Waals surface area contributed by atoms with Crippen LogP contribution >= 0.6 is 0 Å². The fraction of sp³-hybridized carbons (Fsp3) is 0.455. The first kappa shape index (κ1) is 15.0. The maximum atomic E-state index is 12.9. The molecule has 0 aliphatic rings. The molecular formula is C11H13F3O3S. The summed E-state index contributed by atoms with van der Waals surface area (Å²) in [6.45, 7) is 4.76. The van der Waals surface area contributed by atoms with Crippen LogP contribution in [0.4, 0.5) is 13.2 Å². The van der Waals surface area contributed by atoms with Gasteiger partial charge in [-0.25, -0.2) is 0 Å². The molecule has 0 amide bonds. The van der Waals surface area contributed by atoms with Gasteiger partial charge in [0.15, 0.2) is 0 Å². The van der Waals surface area contributed by atoms with Crippen LogP contribution in [0.3, 0.4) is 0 Å². The summed E-state index contributed by atoms with van der Waals surface area (Å²) in [6.07, 6.45) is -4.68. The van der Waals surface area contributed by atoms with Crippen molar-refractivity contribution in [3.63, 3.8) is 0 Å². The Labute approximate surface area is 103 Å². The topological polar surface area (TPSA) is 54.4 Å². The van der Waals surface area contributed by atoms with E-state index in [1.807, 2.05) is 0 Å². The molecule has 0 unspecified atom stereocenters. The fourth-order valence-electron chi connectivity index (χ4n) is 1.57. The standard InChI is InChI=1S/C11H13F3O3S/c1-10(2,3)8-5-4-7(18(15,16)17)6-9(8)11(12,13)14/h4-6H,1-3H3,(H,15,16,17). The van der Waals surface area contributed by atoms with Crippen molar-refractivity contribution < 1.29 is 26.1 Å². The summed E-state index contributed by atoms with van der Waals surface area (Å²) in [5.74, 6) is 0. The van der Waals surface area contributed by atoms with Gasteiger partial charge in [-0.05, 0) is 23.1 Å². The predicted molar refractivity (Wildman–Crippen MR) is 60.0 cm³/mol. The molecule has 0 aliphatic heterocycles. The average Bonchev–Trinajstić information content (AvgIpc) is 2.12. The van der Waals surface area contributed by atoms with Crippen LogP contribution in [0.25, 0.3) is 0 Å². The van der Waals surface area contributed by atoms with Gasteiger partial charge >= 0.3 is 6.18 Å². The molecule has 0 fully saturated rings. The number of hydrogen-bond acceptors (Lipinski definition) is 2. The predicted octanol–water partition coefficient (Wildman–Crippen LogP) is 3.25. The van der Waals surface area contributed by atoms with Crippen molar-refractivity contribution in [2.24, 2.45) is 0 Å². The largest absolute Gasteiger partial charge is 0.416 e. The normalized spacial score (nSPS) is 13.7. The van der Waals surface area contributed by atoms with Crippen molar-refractivity contribution in [1.29, 1.82) is 0 Å². The van der Waals surface area contributed by atoms with E-state index in [1.165, 1.54) is 0 Å². The molecule has 7 heteroatoms. The average molecular weight is 282 g/mol. The highest BCUT2D eigenvalue weighted by atomic mass is 32.2. The van der Waals surface area contributed by atoms with E-state index in [0.29, 0.717) is 6.07 Å². The Bertz CT molecular complexity index is 554. The second-order valence-electron chi connectivity index (χ2n) is 4.93. The number of halogens is 3. The first-order valence-electron chi connectivity index (χ1n) is 5.03. The van der Waals surface area contributed by atoms with Crippen molar-refractivity contribution in [3.05, 3.63) is 29.3 Å². The van der Waals surface area contributed by atoms with Crippen LogP contribution in [0.1, 0.15) is 31.9 Å². The molecule has 0 aliphatic carbocycles. The van der Waals surface area contributed by atoms with Crippen molar-refractivity contribution in [3.8, 4) is 0 Å². The zero-order valence-electron chi connectivity index (χ0n) is 10.0. The van der Waals surface area contributed by atoms with E-state index in [9.17, 15) is 21.6 Å². The highest BCUT2D eigenvalue weighted by Gasteiger charge is 2.37. The van der Waals surface area contributed by atoms with Gasteiger partial charge in [0.25, 0.3) is 10.1 Å². The minimum Gasteiger partial charge on any atom is -0.282 e. The first-order chi connectivity index (χ1) is 7.83. The zero-order chi connectivity index (χ0) is 14.4. The van der Waals surface area contributed by atoms with E-state index in [0.717, 1.165) is 12.1 Å². The SMILES string of the molecule is CC(C)(C)c1ccc(S(=O)(=O)O)cc1C(F)(F)F. The molecule has 0 saturated carbocycles. The quantitative estimate of drug-likeness (QED) is 0.804. The maximum Gasteiger partial charge on any atom is 0.416 e. The molecule has 0 atom stereocenters. The van der Waals surface area contributed by atoms with Gasteiger partial charge in [0, 0.05) is 0 Å². The van der Waals surface area contributed by atoms with Gasteiger partial charge in [-0.15, -0.1) is 0 Å². The van der Waals surface area contributed by atoms with Crippen molar-refractivity contribution in [2.75, 3.05) is 0 Å². The third kappa shape index (κ3) is 3.23. The number of rotatable bonds is 1. The number of benzene rings is 1. The van der Waals surface area contributed by atoms with Crippen LogP contribution in [0, 0.1) is 0 Å². The third-order valence-corrected chi connectivity index (χ3v) is 3.25. The molecule has 1 rings (SSSR count). The third-order valence-electron chi connectivity index (χ3n) is 2.40. The Hall–Kier alpha value is -1.08. The fourth-order valence-corrected chi connectivity index (χ4v) is 2.08. The molecule has 0 radical (unpaired) electrons. The van der Waals surface area contributed by atoms with Crippen LogP contribution in [-0.4, -0.2) is 13.0 Å². The molecule has 0 heterocycles. The second kappa shape index (κ2) is 4.24. The first-order valence-corrected chi connectivity index (χ1v) is 6.47. The number of hydrogen-bond donors (Lipinski definition) is 1. The molecule has 1 N–H and O–H groups in total. The smallest absolute Gasteiger partial charge is 0.282 e. The molecule has 0 bridgehead atoms. The summed E-state index contributed by atoms with van der Waals surface area (Å²) >= 11 is 0. The summed E-state index contributed by atoms with van der Waals surface area (Å²) in [5.41, 5.74) is -1.87. The highest BCUT2D eigenvalue weighted by Crippen LogP contribution is 2.38. The van der Waals surface area contributed by atoms with Crippen LogP contribution in [-0.2, 0) is 21.7 Å². The highest BCUT2D eigenvalue weighted by molar-refractivity contribution is 7.85. The lowest BCUT2D eigenvalue weighted by atomic mass is 9.83. The number of alkyl halides is 3. The zero-order valence-corrected chi connectivity index (χ0v) is 10.9. The molecule has 0 aromatic heterocycles. The van der Waals surface area contributed by atoms with Gasteiger partial charge in [0.1, 0.15) is 0 Å². The Kier molecular flexibility index (Phi) is 3.53. The van der Waals surface area contributed by atoms with Gasteiger partial charge in [0.2, 0.25) is 0 Å². The minimum absolute atomic E-state index is 0.0256. The lowest BCUT2D eigenvalue weighted by molar-refractivity contribution is -0.138. The minimum atomic E-state index is -4.68. The van der Waals surface area contributed by atoms with Gasteiger partial charge in [-0.3, -0.25) is 4.55 Å². The van der Waals surface area contributed by atoms with E-state index in [2.05, 4.69) is 0 Å². The Morgan fingerprint density at radius 3 is 1.89 bits per heavy atom. The van der Waals surface area contributed by atoms with E-state index in [1.54, 1.807) is 20.8 Å². The lowest BCUT2D eigenvalue weighted by Gasteiger charge is -2.24. The van der Waals surface area contributed by atoms with Crippen molar-refractivity contribution in [1.82, 2.24) is 0 Å². The summed E-state index contributed by atoms with van der Waals surface area (Å²) in [4.78, 5) is -0.761. The second-order valence-corrected chi connectivity index (χ2v) is 6.35. The molecular weight excluding hydrogens is 269 g/mol. The molecule has 102 valence electrons. The summed E-state index contributed by atoms with van der Waals surface area (Å²) in [7, 11) is -4.65. The monoisotopic (exact) mass is 282 g/mol. The van der Waals surface area contributed by atoms with Crippen LogP contribution in [0.2, 0.25) is 0 Å². The molecule has 3 nitrogen and oxygen atoms in total. The lowest BCUT2D eigenvalue weighted by Crippen LogP contribution is -2.20. The molecule has 0 saturated heterocycles. The van der Waals surface area contributed by atoms with E-state index >= 15 is 0 Å². The van der Waals surface area contributed by atoms with Gasteiger partial charge in [-0.2, -0.15) is 21.6 Å². The van der Waals surface area contributed by atoms with E-state index < -0.39 is 32.2 Å². The van der Waals surface area contributed by atoms with Gasteiger partial charge in [0.05, 0.1) is 10.5 Å². The Balaban J connectivity index is 3.60. The van der Waals surface area contributed by atoms with E-state index in [4.69, 9.17) is 4.55 Å². The van der Waals surface area contributed by atoms with Crippen molar-refractivity contribution in [2.45, 2.75) is 37.3 Å². The molecule has 0 spiro atoms. The summed E-state index contributed by atoms with van der Waals surface area (Å²) in [6, 6.07) is 2.49. The van der Waals surface area contributed by atoms with Gasteiger partial charge in [-0.1, -0.05) is 26.8 Å². The summed E-state index contributed by atoms with van der Waals surface area (Å²) in [5, 5.41) is 0. The molecule has 1 aromatic rings. The van der Waals surface area contributed by atoms with Crippen molar-refractivity contribution >= 4 is 10.1 Å². The molecule has 18 heavy (non-hydrogen) atoms. The van der Waals surface area contributed by atoms with Gasteiger partial charge < -0.3 is 0 Å². The van der Waals surface area contributed by atoms with Crippen LogP contribution < -0.4 is 0 Å². The summed E-state index contributed by atoms with van der Waals surface area (Å²) < 4.78 is 69.1. The maximum absolute atomic E-state index is 12.9. The van der Waals surface area contributed by atoms with Crippen LogP contribution in [0.5, 0.6) is 0 Å². The van der Waals surface area contributed by atoms with Crippen LogP contribution in [0.15, 0.2) is 23.1 Å². The van der Waals surface area contributed by atoms with E-state index in [-0.39, 0.29) is 5.56 Å². The molecule has 1 aromatic carbocycles.